The number of carbonyl (C=O) groups excluding carboxylic acids is 1. The first-order valence-electron chi connectivity index (χ1n) is 12.6. The molecule has 1 saturated carbocycles. The number of rotatable bonds is 7. The maximum Gasteiger partial charge on any atom is 0.255 e. The van der Waals surface area contributed by atoms with E-state index >= 15 is 0 Å². The van der Waals surface area contributed by atoms with Crippen molar-refractivity contribution >= 4 is 15.7 Å². The van der Waals surface area contributed by atoms with E-state index in [1.54, 1.807) is 12.1 Å². The molecule has 2 aliphatic heterocycles. The average Bonchev–Trinajstić information content (AvgIpc) is 3.25. The monoisotopic (exact) mass is 488 g/mol. The van der Waals surface area contributed by atoms with Gasteiger partial charge in [-0.1, -0.05) is 13.5 Å². The Labute approximate surface area is 204 Å². The summed E-state index contributed by atoms with van der Waals surface area (Å²) in [6.45, 7) is 5.04. The van der Waals surface area contributed by atoms with Crippen molar-refractivity contribution in [1.82, 2.24) is 10.6 Å². The van der Waals surface area contributed by atoms with Crippen LogP contribution >= 0.6 is 0 Å². The van der Waals surface area contributed by atoms with Crippen LogP contribution in [0.3, 0.4) is 0 Å². The highest BCUT2D eigenvalue weighted by molar-refractivity contribution is 7.91. The fourth-order valence-corrected chi connectivity index (χ4v) is 7.49. The van der Waals surface area contributed by atoms with E-state index in [-0.39, 0.29) is 42.0 Å². The molecule has 2 fully saturated rings. The lowest BCUT2D eigenvalue weighted by molar-refractivity contribution is 0.0897. The first-order chi connectivity index (χ1) is 15.8. The molecule has 2 N–H and O–H groups in total. The number of carbonyl (C=O) groups is 1. The number of nitrogens with one attached hydrogen (secondary N) is 2. The molecular weight excluding hydrogens is 448 g/mol. The van der Waals surface area contributed by atoms with E-state index in [9.17, 15) is 13.2 Å². The second-order valence-electron chi connectivity index (χ2n) is 10.6. The molecule has 2 aliphatic carbocycles. The summed E-state index contributed by atoms with van der Waals surface area (Å²) >= 11 is 0. The Kier molecular flexibility index (Phi) is 7.16. The van der Waals surface area contributed by atoms with Crippen molar-refractivity contribution in [1.29, 1.82) is 0 Å². The van der Waals surface area contributed by atoms with E-state index < -0.39 is 15.4 Å². The third-order valence-electron chi connectivity index (χ3n) is 7.81. The molecule has 5 rings (SSSR count). The molecule has 188 valence electrons. The largest absolute Gasteiger partial charge is 0.489 e. The first-order valence-corrected chi connectivity index (χ1v) is 14.2. The fraction of sp³-hybridized carbons (Fsp3) is 0.667. The highest BCUT2D eigenvalue weighted by Gasteiger charge is 2.42. The highest BCUT2D eigenvalue weighted by atomic mass is 32.2. The number of benzene rings is 1. The molecule has 1 aromatic carbocycles. The van der Waals surface area contributed by atoms with Crippen molar-refractivity contribution in [3.8, 4) is 5.75 Å². The van der Waals surface area contributed by atoms with Crippen LogP contribution in [0, 0.1) is 5.92 Å². The van der Waals surface area contributed by atoms with Gasteiger partial charge in [0.1, 0.15) is 11.9 Å². The van der Waals surface area contributed by atoms with Gasteiger partial charge in [-0.15, -0.1) is 0 Å². The van der Waals surface area contributed by atoms with Gasteiger partial charge in [-0.25, -0.2) is 8.42 Å². The summed E-state index contributed by atoms with van der Waals surface area (Å²) < 4.78 is 32.2. The van der Waals surface area contributed by atoms with E-state index in [0.717, 1.165) is 57.1 Å². The van der Waals surface area contributed by atoms with Crippen molar-refractivity contribution in [3.05, 3.63) is 34.9 Å². The molecule has 1 amide bonds. The topological polar surface area (TPSA) is 84.5 Å². The average molecular weight is 489 g/mol. The Morgan fingerprint density at radius 2 is 2.00 bits per heavy atom. The Balaban J connectivity index is 0.00000274. The second-order valence-corrected chi connectivity index (χ2v) is 12.6. The number of ether oxygens (including phenoxy) is 1. The van der Waals surface area contributed by atoms with Crippen LogP contribution in [0.5, 0.6) is 5.75 Å². The molecular formula is C27H40N2O4S. The molecule has 0 bridgehead atoms. The van der Waals surface area contributed by atoms with E-state index in [1.165, 1.54) is 12.0 Å². The highest BCUT2D eigenvalue weighted by Crippen LogP contribution is 2.39. The van der Waals surface area contributed by atoms with Gasteiger partial charge in [0.15, 0.2) is 9.84 Å². The van der Waals surface area contributed by atoms with E-state index in [0.29, 0.717) is 17.7 Å². The van der Waals surface area contributed by atoms with Crippen molar-refractivity contribution in [2.75, 3.05) is 12.3 Å². The van der Waals surface area contributed by atoms with Gasteiger partial charge in [-0.3, -0.25) is 4.79 Å². The van der Waals surface area contributed by atoms with E-state index in [2.05, 4.69) is 23.6 Å². The molecule has 6 nitrogen and oxygen atoms in total. The number of fused-ring (bicyclic) bond motifs is 1. The Morgan fingerprint density at radius 1 is 1.21 bits per heavy atom. The fourth-order valence-electron chi connectivity index (χ4n) is 5.72. The van der Waals surface area contributed by atoms with Gasteiger partial charge >= 0.3 is 0 Å². The Morgan fingerprint density at radius 3 is 2.65 bits per heavy atom. The van der Waals surface area contributed by atoms with Gasteiger partial charge in [0.25, 0.3) is 5.91 Å². The molecule has 1 saturated heterocycles. The third kappa shape index (κ3) is 4.92. The smallest absolute Gasteiger partial charge is 0.255 e. The molecule has 0 spiro atoms. The van der Waals surface area contributed by atoms with Crippen LogP contribution in [0.2, 0.25) is 0 Å². The van der Waals surface area contributed by atoms with Gasteiger partial charge < -0.3 is 15.4 Å². The van der Waals surface area contributed by atoms with Crippen molar-refractivity contribution in [3.63, 3.8) is 0 Å². The summed E-state index contributed by atoms with van der Waals surface area (Å²) in [5.74, 6) is 0.724. The lowest BCUT2D eigenvalue weighted by Gasteiger charge is -2.40. The van der Waals surface area contributed by atoms with Crippen molar-refractivity contribution in [2.24, 2.45) is 5.92 Å². The predicted octanol–water partition coefficient (Wildman–Crippen LogP) is 4.57. The second kappa shape index (κ2) is 9.65. The number of sulfone groups is 1. The molecule has 7 heteroatoms. The van der Waals surface area contributed by atoms with Crippen LogP contribution in [-0.4, -0.2) is 44.3 Å². The molecule has 3 atom stereocenters. The minimum atomic E-state index is -3.43. The van der Waals surface area contributed by atoms with Crippen molar-refractivity contribution < 1.29 is 17.9 Å². The summed E-state index contributed by atoms with van der Waals surface area (Å²) in [4.78, 5) is 14.1. The minimum absolute atomic E-state index is 0. The summed E-state index contributed by atoms with van der Waals surface area (Å²) in [6, 6.07) is 3.46. The third-order valence-corrected chi connectivity index (χ3v) is 9.67. The quantitative estimate of drug-likeness (QED) is 0.549. The number of hydrogen-bond acceptors (Lipinski definition) is 5. The zero-order valence-electron chi connectivity index (χ0n) is 19.8. The van der Waals surface area contributed by atoms with Crippen LogP contribution < -0.4 is 15.4 Å². The van der Waals surface area contributed by atoms with Gasteiger partial charge in [0.05, 0.1) is 21.8 Å². The molecule has 0 aromatic heterocycles. The Bertz CT molecular complexity index is 1070. The maximum atomic E-state index is 13.8. The van der Waals surface area contributed by atoms with Gasteiger partial charge in [0, 0.05) is 12.5 Å². The zero-order chi connectivity index (χ0) is 23.2. The molecule has 3 unspecified atom stereocenters. The normalized spacial score (nSPS) is 26.0. The summed E-state index contributed by atoms with van der Waals surface area (Å²) in [6.07, 6.45) is 11.2. The number of amides is 1. The van der Waals surface area contributed by atoms with Crippen LogP contribution in [0.15, 0.2) is 28.7 Å². The summed E-state index contributed by atoms with van der Waals surface area (Å²) in [5.41, 5.74) is 1.95. The van der Waals surface area contributed by atoms with Gasteiger partial charge in [0.2, 0.25) is 0 Å². The summed E-state index contributed by atoms with van der Waals surface area (Å²) in [7, 11) is -3.43. The number of hydrogen-bond donors (Lipinski definition) is 2. The van der Waals surface area contributed by atoms with Crippen molar-refractivity contribution in [2.45, 2.75) is 102 Å². The summed E-state index contributed by atoms with van der Waals surface area (Å²) in [5, 5.41) is 6.95. The zero-order valence-corrected chi connectivity index (χ0v) is 20.6. The van der Waals surface area contributed by atoms with Gasteiger partial charge in [-0.2, -0.15) is 0 Å². The van der Waals surface area contributed by atoms with Crippen LogP contribution in [0.1, 0.15) is 88.6 Å². The van der Waals surface area contributed by atoms with E-state index in [4.69, 9.17) is 4.74 Å². The van der Waals surface area contributed by atoms with E-state index in [1.807, 2.05) is 6.92 Å². The molecule has 1 aromatic rings. The minimum Gasteiger partial charge on any atom is -0.489 e. The number of allylic oxidation sites excluding steroid dienone is 1. The van der Waals surface area contributed by atoms with Crippen LogP contribution in [-0.2, 0) is 16.3 Å². The molecule has 34 heavy (non-hydrogen) atoms. The van der Waals surface area contributed by atoms with Crippen LogP contribution in [0.4, 0.5) is 0 Å². The Hall–Kier alpha value is -1.86. The lowest BCUT2D eigenvalue weighted by Crippen LogP contribution is -2.59. The lowest BCUT2D eigenvalue weighted by atomic mass is 9.78. The molecule has 2 heterocycles. The SMILES string of the molecule is C.CC1Cc2cc(S(=O)(=O)CC3CC3)cc(C(=O)NC(C)(C3=CCCCC3)C3CCCN3)c2O1. The molecule has 0 radical (unpaired) electrons. The molecule has 4 aliphatic rings. The van der Waals surface area contributed by atoms with Gasteiger partial charge in [-0.05, 0) is 101 Å². The first kappa shape index (κ1) is 25.2. The standard InChI is InChI=1S/C26H36N2O4S.CH4/c1-17-13-19-14-21(33(30,31)16-18-10-11-18)15-22(24(19)32-17)25(29)28-26(2,23-9-6-12-27-23)20-7-4-3-5-8-20;/h7,14-15,17-18,23,27H,3-6,8-13,16H2,1-2H3,(H,28,29);1H4. The van der Waals surface area contributed by atoms with Crippen LogP contribution in [0.25, 0.3) is 0 Å². The maximum absolute atomic E-state index is 13.8. The predicted molar refractivity (Wildman–Crippen MR) is 135 cm³/mol.